The van der Waals surface area contributed by atoms with Gasteiger partial charge in [-0.05, 0) is 39.0 Å². The molecule has 7 nitrogen and oxygen atoms in total. The van der Waals surface area contributed by atoms with Crippen LogP contribution in [0.2, 0.25) is 0 Å². The van der Waals surface area contributed by atoms with Crippen LogP contribution in [0, 0.1) is 17.7 Å². The summed E-state index contributed by atoms with van der Waals surface area (Å²) in [5.74, 6) is 3.80. The molecule has 1 aliphatic heterocycles. The Kier molecular flexibility index (Phi) is 12.0. The summed E-state index contributed by atoms with van der Waals surface area (Å²) in [5.41, 5.74) is 0.450. The number of benzene rings is 1. The van der Waals surface area contributed by atoms with Crippen molar-refractivity contribution in [3.63, 3.8) is 0 Å². The van der Waals surface area contributed by atoms with E-state index in [1.165, 1.54) is 19.1 Å². The Morgan fingerprint density at radius 3 is 2.38 bits per heavy atom. The highest BCUT2D eigenvalue weighted by Crippen LogP contribution is 2.31. The van der Waals surface area contributed by atoms with E-state index in [0.29, 0.717) is 5.56 Å². The van der Waals surface area contributed by atoms with Crippen molar-refractivity contribution < 1.29 is 31.9 Å². The molecule has 0 N–H and O–H groups in total. The second-order valence-corrected chi connectivity index (χ2v) is 9.03. The lowest BCUT2D eigenvalue weighted by Crippen LogP contribution is -2.47. The number of sulfone groups is 1. The summed E-state index contributed by atoms with van der Waals surface area (Å²) >= 11 is 0. The number of anilines is 1. The number of amides is 1. The molecule has 1 aromatic carbocycles. The van der Waals surface area contributed by atoms with Gasteiger partial charge in [0.15, 0.2) is 14.6 Å². The van der Waals surface area contributed by atoms with Gasteiger partial charge in [0, 0.05) is 18.2 Å². The van der Waals surface area contributed by atoms with Crippen molar-refractivity contribution >= 4 is 27.6 Å². The first kappa shape index (κ1) is 29.4. The SMILES string of the molecule is CC.CC.CC#Cc1ccc(N2CC(CC(C)(C(=O)OCC)S(C)(=O)=O)OC2=O)c(F)c1. The topological polar surface area (TPSA) is 90.0 Å². The normalized spacial score (nSPS) is 16.7. The second-order valence-electron chi connectivity index (χ2n) is 6.59. The summed E-state index contributed by atoms with van der Waals surface area (Å²) in [4.78, 5) is 25.5. The van der Waals surface area contributed by atoms with Crippen molar-refractivity contribution in [2.75, 3.05) is 24.3 Å². The number of rotatable bonds is 6. The lowest BCUT2D eigenvalue weighted by Gasteiger charge is -2.27. The summed E-state index contributed by atoms with van der Waals surface area (Å²) in [7, 11) is -3.87. The van der Waals surface area contributed by atoms with Gasteiger partial charge in [0.2, 0.25) is 0 Å². The maximum atomic E-state index is 14.4. The highest BCUT2D eigenvalue weighted by atomic mass is 32.2. The third kappa shape index (κ3) is 6.95. The average Bonchev–Trinajstić information content (AvgIpc) is 3.10. The van der Waals surface area contributed by atoms with Crippen LogP contribution in [0.5, 0.6) is 0 Å². The molecule has 180 valence electrons. The van der Waals surface area contributed by atoms with E-state index in [1.807, 2.05) is 27.7 Å². The number of halogens is 1. The van der Waals surface area contributed by atoms with E-state index in [2.05, 4.69) is 11.8 Å². The predicted molar refractivity (Wildman–Crippen MR) is 124 cm³/mol. The first-order valence-corrected chi connectivity index (χ1v) is 12.5. The van der Waals surface area contributed by atoms with Gasteiger partial charge < -0.3 is 9.47 Å². The van der Waals surface area contributed by atoms with E-state index in [0.717, 1.165) is 11.2 Å². The van der Waals surface area contributed by atoms with Crippen LogP contribution in [0.15, 0.2) is 18.2 Å². The molecular weight excluding hydrogens is 437 g/mol. The Hall–Kier alpha value is -2.60. The summed E-state index contributed by atoms with van der Waals surface area (Å²) in [6.07, 6.45) is -1.12. The molecule has 0 aliphatic carbocycles. The minimum absolute atomic E-state index is 0.00801. The maximum Gasteiger partial charge on any atom is 0.414 e. The molecule has 32 heavy (non-hydrogen) atoms. The summed E-state index contributed by atoms with van der Waals surface area (Å²) in [6, 6.07) is 4.17. The summed E-state index contributed by atoms with van der Waals surface area (Å²) in [5, 5.41) is 0. The Labute approximate surface area is 191 Å². The Bertz CT molecular complexity index is 951. The highest BCUT2D eigenvalue weighted by molar-refractivity contribution is 7.92. The van der Waals surface area contributed by atoms with Crippen LogP contribution in [0.1, 0.15) is 60.5 Å². The van der Waals surface area contributed by atoms with Gasteiger partial charge in [-0.15, -0.1) is 5.92 Å². The van der Waals surface area contributed by atoms with E-state index in [4.69, 9.17) is 9.47 Å². The van der Waals surface area contributed by atoms with Gasteiger partial charge in [-0.2, -0.15) is 0 Å². The highest BCUT2D eigenvalue weighted by Gasteiger charge is 2.49. The number of esters is 1. The van der Waals surface area contributed by atoms with Crippen LogP contribution in [-0.4, -0.2) is 50.7 Å². The van der Waals surface area contributed by atoms with Crippen molar-refractivity contribution in [2.45, 2.75) is 65.7 Å². The third-order valence-corrected chi connectivity index (χ3v) is 6.49. The third-order valence-electron chi connectivity index (χ3n) is 4.52. The van der Waals surface area contributed by atoms with Crippen LogP contribution in [0.3, 0.4) is 0 Å². The van der Waals surface area contributed by atoms with Crippen molar-refractivity contribution in [2.24, 2.45) is 0 Å². The maximum absolute atomic E-state index is 14.4. The number of cyclic esters (lactones) is 1. The van der Waals surface area contributed by atoms with E-state index in [9.17, 15) is 22.4 Å². The molecule has 2 unspecified atom stereocenters. The lowest BCUT2D eigenvalue weighted by molar-refractivity contribution is -0.146. The van der Waals surface area contributed by atoms with Crippen molar-refractivity contribution in [3.8, 4) is 11.8 Å². The minimum Gasteiger partial charge on any atom is -0.465 e. The molecule has 1 amide bonds. The number of hydrogen-bond donors (Lipinski definition) is 0. The molecule has 2 atom stereocenters. The molecule has 0 saturated carbocycles. The van der Waals surface area contributed by atoms with E-state index in [1.54, 1.807) is 19.9 Å². The molecule has 0 bridgehead atoms. The minimum atomic E-state index is -3.87. The monoisotopic (exact) mass is 471 g/mol. The van der Waals surface area contributed by atoms with Crippen molar-refractivity contribution in [1.82, 2.24) is 0 Å². The van der Waals surface area contributed by atoms with Gasteiger partial charge in [-0.3, -0.25) is 9.69 Å². The molecule has 1 aliphatic rings. The number of carbonyl (C=O) groups excluding carboxylic acids is 2. The Morgan fingerprint density at radius 1 is 1.31 bits per heavy atom. The van der Waals surface area contributed by atoms with Crippen LogP contribution in [0.4, 0.5) is 14.9 Å². The predicted octanol–water partition coefficient (Wildman–Crippen LogP) is 4.33. The van der Waals surface area contributed by atoms with Crippen LogP contribution in [-0.2, 0) is 24.1 Å². The molecule has 1 saturated heterocycles. The first-order chi connectivity index (χ1) is 15.0. The largest absolute Gasteiger partial charge is 0.465 e. The van der Waals surface area contributed by atoms with Crippen molar-refractivity contribution in [3.05, 3.63) is 29.6 Å². The van der Waals surface area contributed by atoms with Crippen LogP contribution in [0.25, 0.3) is 0 Å². The fourth-order valence-corrected chi connectivity index (χ4v) is 3.73. The molecule has 1 aromatic rings. The molecule has 2 rings (SSSR count). The smallest absolute Gasteiger partial charge is 0.414 e. The second kappa shape index (κ2) is 13.1. The number of carbonyl (C=O) groups is 2. The van der Waals surface area contributed by atoms with Gasteiger partial charge in [0.1, 0.15) is 11.9 Å². The Balaban J connectivity index is 0.00000227. The average molecular weight is 472 g/mol. The van der Waals surface area contributed by atoms with Gasteiger partial charge in [0.05, 0.1) is 18.8 Å². The zero-order valence-electron chi connectivity index (χ0n) is 20.1. The lowest BCUT2D eigenvalue weighted by atomic mass is 10.0. The van der Waals surface area contributed by atoms with Gasteiger partial charge in [-0.1, -0.05) is 33.6 Å². The summed E-state index contributed by atoms with van der Waals surface area (Å²) in [6.45, 7) is 12.3. The molecular formula is C23H34FNO6S. The first-order valence-electron chi connectivity index (χ1n) is 10.6. The number of ether oxygens (including phenoxy) is 2. The van der Waals surface area contributed by atoms with E-state index in [-0.39, 0.29) is 25.3 Å². The van der Waals surface area contributed by atoms with E-state index >= 15 is 0 Å². The molecule has 9 heteroatoms. The van der Waals surface area contributed by atoms with Gasteiger partial charge >= 0.3 is 12.1 Å². The van der Waals surface area contributed by atoms with Gasteiger partial charge in [-0.25, -0.2) is 17.6 Å². The van der Waals surface area contributed by atoms with E-state index < -0.39 is 38.6 Å². The molecule has 0 spiro atoms. The molecule has 1 heterocycles. The molecule has 0 aromatic heterocycles. The molecule has 1 fully saturated rings. The van der Waals surface area contributed by atoms with Crippen LogP contribution < -0.4 is 4.90 Å². The fourth-order valence-electron chi connectivity index (χ4n) is 2.88. The number of nitrogens with zero attached hydrogens (tertiary/aromatic N) is 1. The Morgan fingerprint density at radius 2 is 1.91 bits per heavy atom. The standard InChI is InChI=1S/C19H22FNO6S.2C2H6/c1-5-7-13-8-9-16(15(20)10-13)21-12-14(27-18(21)23)11-19(3,28(4,24)25)17(22)26-6-2;2*1-2/h8-10,14H,6,11-12H2,1-4H3;2*1-2H3. The fraction of sp³-hybridized carbons (Fsp3) is 0.565. The number of hydrogen-bond acceptors (Lipinski definition) is 6. The zero-order chi connectivity index (χ0) is 25.1. The van der Waals surface area contributed by atoms with Crippen LogP contribution >= 0.6 is 0 Å². The molecule has 0 radical (unpaired) electrons. The summed E-state index contributed by atoms with van der Waals surface area (Å²) < 4.78 is 47.0. The quantitative estimate of drug-likeness (QED) is 0.453. The van der Waals surface area contributed by atoms with Gasteiger partial charge in [0.25, 0.3) is 0 Å². The van der Waals surface area contributed by atoms with Crippen molar-refractivity contribution in [1.29, 1.82) is 0 Å². The zero-order valence-corrected chi connectivity index (χ0v) is 20.9.